The number of pyridine rings is 1. The first kappa shape index (κ1) is 25.2. The average Bonchev–Trinajstić information content (AvgIpc) is 3.69. The van der Waals surface area contributed by atoms with E-state index in [9.17, 15) is 4.79 Å². The van der Waals surface area contributed by atoms with Crippen molar-refractivity contribution in [1.29, 1.82) is 0 Å². The fourth-order valence-electron chi connectivity index (χ4n) is 5.85. The molecule has 0 radical (unpaired) electrons. The molecule has 190 valence electrons. The lowest BCUT2D eigenvalue weighted by Crippen LogP contribution is -2.43. The summed E-state index contributed by atoms with van der Waals surface area (Å²) in [5.74, 6) is 3.01. The Hall–Kier alpha value is -3.42. The van der Waals surface area contributed by atoms with Gasteiger partial charge in [0.1, 0.15) is 11.5 Å². The van der Waals surface area contributed by atoms with Crippen LogP contribution in [0, 0.1) is 23.2 Å². The molecule has 4 unspecified atom stereocenters. The quantitative estimate of drug-likeness (QED) is 0.267. The maximum atomic E-state index is 13.1. The third-order valence-electron chi connectivity index (χ3n) is 8.51. The zero-order valence-electron chi connectivity index (χ0n) is 22.2. The van der Waals surface area contributed by atoms with Crippen LogP contribution in [-0.4, -0.2) is 10.8 Å². The Morgan fingerprint density at radius 3 is 2.43 bits per heavy atom. The zero-order chi connectivity index (χ0) is 26.0. The van der Waals surface area contributed by atoms with Crippen LogP contribution in [0.3, 0.4) is 0 Å². The molecule has 3 heteroatoms. The first-order valence-electron chi connectivity index (χ1n) is 13.6. The first-order chi connectivity index (χ1) is 17.9. The first-order valence-corrected chi connectivity index (χ1v) is 13.6. The van der Waals surface area contributed by atoms with Crippen molar-refractivity contribution in [3.8, 4) is 11.6 Å². The number of Topliss-reactive ketones (excluding diaryl/α,β-unsaturated/α-hetero) is 1. The number of allylic oxidation sites excluding steroid dienone is 1. The van der Waals surface area contributed by atoms with E-state index in [2.05, 4.69) is 74.5 Å². The smallest absolute Gasteiger partial charge is 0.219 e. The van der Waals surface area contributed by atoms with Gasteiger partial charge < -0.3 is 4.74 Å². The van der Waals surface area contributed by atoms with Crippen molar-refractivity contribution < 1.29 is 9.53 Å². The molecule has 5 rings (SSSR count). The summed E-state index contributed by atoms with van der Waals surface area (Å²) in [5, 5.41) is 0. The normalized spacial score (nSPS) is 22.3. The molecule has 2 fully saturated rings. The van der Waals surface area contributed by atoms with Crippen LogP contribution in [0.25, 0.3) is 5.57 Å². The summed E-state index contributed by atoms with van der Waals surface area (Å²) in [6, 6.07) is 22.7. The lowest BCUT2D eigenvalue weighted by atomic mass is 9.59. The molecule has 2 aliphatic rings. The summed E-state index contributed by atoms with van der Waals surface area (Å²) >= 11 is 0. The number of hydrogen-bond acceptors (Lipinski definition) is 3. The van der Waals surface area contributed by atoms with Crippen molar-refractivity contribution in [2.75, 3.05) is 0 Å². The molecule has 2 saturated carbocycles. The van der Waals surface area contributed by atoms with Gasteiger partial charge >= 0.3 is 0 Å². The Bertz CT molecular complexity index is 1280. The Labute approximate surface area is 221 Å². The van der Waals surface area contributed by atoms with Crippen molar-refractivity contribution in [3.63, 3.8) is 0 Å². The molecule has 4 atom stereocenters. The summed E-state index contributed by atoms with van der Waals surface area (Å²) in [4.78, 5) is 17.6. The lowest BCUT2D eigenvalue weighted by Gasteiger charge is -2.44. The van der Waals surface area contributed by atoms with E-state index in [1.165, 1.54) is 16.7 Å². The molecule has 0 saturated heterocycles. The number of ether oxygens (including phenoxy) is 1. The molecule has 0 amide bonds. The summed E-state index contributed by atoms with van der Waals surface area (Å²) < 4.78 is 6.02. The van der Waals surface area contributed by atoms with Crippen molar-refractivity contribution in [3.05, 3.63) is 102 Å². The lowest BCUT2D eigenvalue weighted by molar-refractivity contribution is -0.136. The second-order valence-corrected chi connectivity index (χ2v) is 11.4. The largest absolute Gasteiger partial charge is 0.439 e. The molecule has 0 aliphatic heterocycles. The second kappa shape index (κ2) is 10.5. The second-order valence-electron chi connectivity index (χ2n) is 11.4. The fraction of sp³-hybridized carbons (Fsp3) is 0.382. The molecule has 2 aromatic carbocycles. The topological polar surface area (TPSA) is 39.2 Å². The van der Waals surface area contributed by atoms with Gasteiger partial charge in [0.2, 0.25) is 5.88 Å². The molecule has 3 aromatic rings. The van der Waals surface area contributed by atoms with Crippen molar-refractivity contribution >= 4 is 11.4 Å². The summed E-state index contributed by atoms with van der Waals surface area (Å²) in [5.41, 5.74) is 8.15. The summed E-state index contributed by atoms with van der Waals surface area (Å²) in [6.45, 7) is 10.5. The summed E-state index contributed by atoms with van der Waals surface area (Å²) in [6.07, 6.45) is 6.77. The molecule has 37 heavy (non-hydrogen) atoms. The molecular formula is C34H37NO2. The molecular weight excluding hydrogens is 454 g/mol. The Kier molecular flexibility index (Phi) is 7.17. The number of hydrogen-bond donors (Lipinski definition) is 0. The van der Waals surface area contributed by atoms with Gasteiger partial charge in [0.25, 0.3) is 0 Å². The van der Waals surface area contributed by atoms with E-state index in [-0.39, 0.29) is 17.3 Å². The predicted octanol–water partition coefficient (Wildman–Crippen LogP) is 8.42. The number of aromatic nitrogens is 1. The van der Waals surface area contributed by atoms with Gasteiger partial charge in [0, 0.05) is 29.7 Å². The number of benzene rings is 2. The third-order valence-corrected chi connectivity index (χ3v) is 8.51. The van der Waals surface area contributed by atoms with Gasteiger partial charge in [0.15, 0.2) is 0 Å². The highest BCUT2D eigenvalue weighted by atomic mass is 16.5. The maximum absolute atomic E-state index is 13.1. The van der Waals surface area contributed by atoms with Crippen LogP contribution in [0.15, 0.2) is 85.2 Å². The molecule has 0 bridgehead atoms. The monoisotopic (exact) mass is 491 g/mol. The van der Waals surface area contributed by atoms with E-state index in [1.54, 1.807) is 0 Å². The van der Waals surface area contributed by atoms with Crippen LogP contribution in [-0.2, 0) is 11.2 Å². The Morgan fingerprint density at radius 1 is 1.11 bits per heavy atom. The minimum Gasteiger partial charge on any atom is -0.439 e. The van der Waals surface area contributed by atoms with Crippen LogP contribution in [0.1, 0.15) is 69.1 Å². The van der Waals surface area contributed by atoms with E-state index in [1.807, 2.05) is 36.5 Å². The third kappa shape index (κ3) is 5.48. The van der Waals surface area contributed by atoms with Gasteiger partial charge in [-0.25, -0.2) is 4.98 Å². The average molecular weight is 492 g/mol. The van der Waals surface area contributed by atoms with Crippen LogP contribution in [0.4, 0.5) is 0 Å². The minimum absolute atomic E-state index is 0.0651. The number of rotatable bonds is 10. The molecule has 0 N–H and O–H groups in total. The Balaban J connectivity index is 1.17. The van der Waals surface area contributed by atoms with Crippen molar-refractivity contribution in [1.82, 2.24) is 4.98 Å². The predicted molar refractivity (Wildman–Crippen MR) is 150 cm³/mol. The van der Waals surface area contributed by atoms with Crippen LogP contribution < -0.4 is 4.74 Å². The molecule has 2 aliphatic carbocycles. The van der Waals surface area contributed by atoms with Crippen LogP contribution in [0.5, 0.6) is 11.6 Å². The number of carbonyl (C=O) groups excluding carboxylic acids is 1. The molecule has 1 heterocycles. The highest BCUT2D eigenvalue weighted by Crippen LogP contribution is 2.54. The van der Waals surface area contributed by atoms with Crippen LogP contribution >= 0.6 is 0 Å². The molecule has 3 nitrogen and oxygen atoms in total. The number of ketones is 1. The Morgan fingerprint density at radius 2 is 1.86 bits per heavy atom. The van der Waals surface area contributed by atoms with E-state index in [0.29, 0.717) is 23.5 Å². The van der Waals surface area contributed by atoms with E-state index in [0.717, 1.165) is 43.4 Å². The number of nitrogens with zero attached hydrogens (tertiary/aromatic N) is 1. The molecule has 0 spiro atoms. The van der Waals surface area contributed by atoms with E-state index < -0.39 is 0 Å². The minimum atomic E-state index is 0.0651. The zero-order valence-corrected chi connectivity index (χ0v) is 22.2. The standard InChI is InChI=1S/C34H37NO2/c1-5-24(33(36)31-18-19-34(31,3)4)20-23-12-17-32(35-22-23)37-27-15-13-26(14-16-27)29-21-30(29)28(6-2)25-10-8-7-9-11-25/h7-17,22,24,29-31H,2,5,18-21H2,1,3-4H3. The van der Waals surface area contributed by atoms with Crippen molar-refractivity contribution in [2.24, 2.45) is 23.2 Å². The fourth-order valence-corrected chi connectivity index (χ4v) is 5.85. The van der Waals surface area contributed by atoms with Gasteiger partial charge in [-0.2, -0.15) is 0 Å². The highest BCUT2D eigenvalue weighted by molar-refractivity contribution is 5.85. The van der Waals surface area contributed by atoms with Crippen molar-refractivity contribution in [2.45, 2.75) is 58.8 Å². The van der Waals surface area contributed by atoms with Crippen LogP contribution in [0.2, 0.25) is 0 Å². The number of carbonyl (C=O) groups is 1. The maximum Gasteiger partial charge on any atom is 0.219 e. The van der Waals surface area contributed by atoms with E-state index in [4.69, 9.17) is 4.74 Å². The highest BCUT2D eigenvalue weighted by Gasteiger charge is 2.44. The molecule has 1 aromatic heterocycles. The van der Waals surface area contributed by atoms with E-state index >= 15 is 0 Å². The summed E-state index contributed by atoms with van der Waals surface area (Å²) in [7, 11) is 0. The van der Waals surface area contributed by atoms with Gasteiger partial charge in [-0.05, 0) is 78.2 Å². The SMILES string of the molecule is C=C=C(c1ccccc1)C1CC1c1ccc(Oc2ccc(CC(CC)C(=O)C3CCC3(C)C)cn2)cc1. The van der Waals surface area contributed by atoms with Gasteiger partial charge in [-0.15, -0.1) is 5.73 Å². The van der Waals surface area contributed by atoms with Gasteiger partial charge in [-0.1, -0.05) is 75.9 Å². The van der Waals surface area contributed by atoms with Gasteiger partial charge in [0.05, 0.1) is 0 Å². The van der Waals surface area contributed by atoms with Gasteiger partial charge in [-0.3, -0.25) is 4.79 Å².